The molecule has 90 valence electrons. The van der Waals surface area contributed by atoms with Crippen molar-refractivity contribution in [1.82, 2.24) is 0 Å². The SMILES string of the molecule is N#Cc1ccc(Oc2cccc(CO)c2)cc1N. The Bertz CT molecular complexity index is 603. The molecule has 0 spiro atoms. The molecule has 0 heterocycles. The van der Waals surface area contributed by atoms with Crippen LogP contribution in [0.1, 0.15) is 11.1 Å². The monoisotopic (exact) mass is 240 g/mol. The first-order valence-electron chi connectivity index (χ1n) is 5.40. The Morgan fingerprint density at radius 2 is 1.94 bits per heavy atom. The van der Waals surface area contributed by atoms with Gasteiger partial charge in [0.1, 0.15) is 17.6 Å². The third-order valence-corrected chi connectivity index (χ3v) is 2.46. The number of aliphatic hydroxyl groups excluding tert-OH is 1. The molecule has 0 aliphatic carbocycles. The quantitative estimate of drug-likeness (QED) is 0.807. The number of hydrogen-bond acceptors (Lipinski definition) is 4. The van der Waals surface area contributed by atoms with Crippen LogP contribution in [-0.4, -0.2) is 5.11 Å². The molecule has 0 amide bonds. The van der Waals surface area contributed by atoms with Crippen LogP contribution in [0, 0.1) is 11.3 Å². The van der Waals surface area contributed by atoms with Gasteiger partial charge in [-0.15, -0.1) is 0 Å². The number of hydrogen-bond donors (Lipinski definition) is 2. The molecule has 2 rings (SSSR count). The number of anilines is 1. The summed E-state index contributed by atoms with van der Waals surface area (Å²) in [5, 5.41) is 17.8. The van der Waals surface area contributed by atoms with Gasteiger partial charge < -0.3 is 15.6 Å². The van der Waals surface area contributed by atoms with Crippen LogP contribution in [0.4, 0.5) is 5.69 Å². The molecule has 0 atom stereocenters. The molecule has 0 aliphatic rings. The van der Waals surface area contributed by atoms with Crippen LogP contribution in [0.5, 0.6) is 11.5 Å². The highest BCUT2D eigenvalue weighted by Gasteiger charge is 2.02. The molecule has 2 aromatic carbocycles. The molecule has 4 nitrogen and oxygen atoms in total. The first kappa shape index (κ1) is 12.0. The van der Waals surface area contributed by atoms with Gasteiger partial charge in [-0.1, -0.05) is 12.1 Å². The lowest BCUT2D eigenvalue weighted by molar-refractivity contribution is 0.281. The zero-order valence-corrected chi connectivity index (χ0v) is 9.63. The summed E-state index contributed by atoms with van der Waals surface area (Å²) in [5.74, 6) is 1.17. The standard InChI is InChI=1S/C14H12N2O2/c15-8-11-4-5-13(7-14(11)16)18-12-3-1-2-10(6-12)9-17/h1-7,17H,9,16H2. The zero-order chi connectivity index (χ0) is 13.0. The highest BCUT2D eigenvalue weighted by Crippen LogP contribution is 2.25. The number of rotatable bonds is 3. The molecular formula is C14H12N2O2. The summed E-state index contributed by atoms with van der Waals surface area (Å²) in [5.41, 5.74) is 7.28. The van der Waals surface area contributed by atoms with Gasteiger partial charge in [0.2, 0.25) is 0 Å². The van der Waals surface area contributed by atoms with E-state index >= 15 is 0 Å². The van der Waals surface area contributed by atoms with Crippen molar-refractivity contribution < 1.29 is 9.84 Å². The lowest BCUT2D eigenvalue weighted by Gasteiger charge is -2.08. The average Bonchev–Trinajstić information content (AvgIpc) is 2.39. The lowest BCUT2D eigenvalue weighted by Crippen LogP contribution is -1.92. The van der Waals surface area contributed by atoms with Gasteiger partial charge in [0.15, 0.2) is 0 Å². The molecule has 0 unspecified atom stereocenters. The lowest BCUT2D eigenvalue weighted by atomic mass is 10.2. The summed E-state index contributed by atoms with van der Waals surface area (Å²) in [6, 6.07) is 14.0. The topological polar surface area (TPSA) is 79.3 Å². The number of benzene rings is 2. The Balaban J connectivity index is 2.23. The molecule has 4 heteroatoms. The van der Waals surface area contributed by atoms with E-state index in [0.717, 1.165) is 5.56 Å². The largest absolute Gasteiger partial charge is 0.457 e. The fourth-order valence-electron chi connectivity index (χ4n) is 1.55. The third kappa shape index (κ3) is 2.59. The number of nitrogens with zero attached hydrogens (tertiary/aromatic N) is 1. The van der Waals surface area contributed by atoms with Crippen molar-refractivity contribution in [3.05, 3.63) is 53.6 Å². The van der Waals surface area contributed by atoms with Crippen LogP contribution in [-0.2, 0) is 6.61 Å². The van der Waals surface area contributed by atoms with Crippen molar-refractivity contribution in [2.24, 2.45) is 0 Å². The molecule has 18 heavy (non-hydrogen) atoms. The van der Waals surface area contributed by atoms with Crippen LogP contribution < -0.4 is 10.5 Å². The minimum absolute atomic E-state index is 0.0350. The first-order chi connectivity index (χ1) is 8.72. The van der Waals surface area contributed by atoms with Gasteiger partial charge in [0, 0.05) is 6.07 Å². The molecule has 0 fully saturated rings. The molecule has 0 bridgehead atoms. The number of ether oxygens (including phenoxy) is 1. The van der Waals surface area contributed by atoms with E-state index in [1.54, 1.807) is 42.5 Å². The maximum Gasteiger partial charge on any atom is 0.129 e. The van der Waals surface area contributed by atoms with Gasteiger partial charge in [-0.05, 0) is 29.8 Å². The molecule has 0 radical (unpaired) electrons. The van der Waals surface area contributed by atoms with Crippen LogP contribution in [0.3, 0.4) is 0 Å². The second-order valence-corrected chi connectivity index (χ2v) is 3.77. The summed E-state index contributed by atoms with van der Waals surface area (Å²) in [6.45, 7) is -0.0350. The Kier molecular flexibility index (Phi) is 3.46. The number of nitrogen functional groups attached to an aromatic ring is 1. The highest BCUT2D eigenvalue weighted by molar-refractivity contribution is 5.57. The second kappa shape index (κ2) is 5.21. The second-order valence-electron chi connectivity index (χ2n) is 3.77. The maximum absolute atomic E-state index is 9.03. The summed E-state index contributed by atoms with van der Waals surface area (Å²) >= 11 is 0. The normalized spacial score (nSPS) is 9.78. The molecular weight excluding hydrogens is 228 g/mol. The van der Waals surface area contributed by atoms with E-state index in [0.29, 0.717) is 22.7 Å². The van der Waals surface area contributed by atoms with Gasteiger partial charge in [0.25, 0.3) is 0 Å². The van der Waals surface area contributed by atoms with Crippen LogP contribution >= 0.6 is 0 Å². The minimum atomic E-state index is -0.0350. The van der Waals surface area contributed by atoms with E-state index in [2.05, 4.69) is 0 Å². The highest BCUT2D eigenvalue weighted by atomic mass is 16.5. The molecule has 2 aromatic rings. The summed E-state index contributed by atoms with van der Waals surface area (Å²) in [6.07, 6.45) is 0. The van der Waals surface area contributed by atoms with E-state index in [1.165, 1.54) is 0 Å². The molecule has 0 saturated heterocycles. The Morgan fingerprint density at radius 3 is 2.61 bits per heavy atom. The van der Waals surface area contributed by atoms with E-state index < -0.39 is 0 Å². The van der Waals surface area contributed by atoms with Gasteiger partial charge in [-0.25, -0.2) is 0 Å². The number of nitriles is 1. The maximum atomic E-state index is 9.03. The molecule has 0 aromatic heterocycles. The van der Waals surface area contributed by atoms with Crippen LogP contribution in [0.2, 0.25) is 0 Å². The van der Waals surface area contributed by atoms with Gasteiger partial charge >= 0.3 is 0 Å². The third-order valence-electron chi connectivity index (χ3n) is 2.46. The van der Waals surface area contributed by atoms with Crippen LogP contribution in [0.25, 0.3) is 0 Å². The predicted octanol–water partition coefficient (Wildman–Crippen LogP) is 2.43. The fourth-order valence-corrected chi connectivity index (χ4v) is 1.55. The molecule has 3 N–H and O–H groups in total. The van der Waals surface area contributed by atoms with Crippen molar-refractivity contribution in [1.29, 1.82) is 5.26 Å². The number of aliphatic hydroxyl groups is 1. The van der Waals surface area contributed by atoms with Gasteiger partial charge in [-0.3, -0.25) is 0 Å². The van der Waals surface area contributed by atoms with E-state index in [9.17, 15) is 0 Å². The van der Waals surface area contributed by atoms with E-state index in [1.807, 2.05) is 6.07 Å². The van der Waals surface area contributed by atoms with Crippen molar-refractivity contribution in [2.45, 2.75) is 6.61 Å². The van der Waals surface area contributed by atoms with E-state index in [4.69, 9.17) is 20.8 Å². The zero-order valence-electron chi connectivity index (χ0n) is 9.63. The fraction of sp³-hybridized carbons (Fsp3) is 0.0714. The van der Waals surface area contributed by atoms with Crippen molar-refractivity contribution in [3.63, 3.8) is 0 Å². The summed E-state index contributed by atoms with van der Waals surface area (Å²) in [7, 11) is 0. The van der Waals surface area contributed by atoms with Gasteiger partial charge in [-0.2, -0.15) is 5.26 Å². The van der Waals surface area contributed by atoms with Gasteiger partial charge in [0.05, 0.1) is 17.9 Å². The Labute approximate surface area is 105 Å². The summed E-state index contributed by atoms with van der Waals surface area (Å²) < 4.78 is 5.60. The van der Waals surface area contributed by atoms with Crippen molar-refractivity contribution in [2.75, 3.05) is 5.73 Å². The molecule has 0 aliphatic heterocycles. The average molecular weight is 240 g/mol. The Hall–Kier alpha value is -2.51. The van der Waals surface area contributed by atoms with Crippen molar-refractivity contribution >= 4 is 5.69 Å². The molecule has 0 saturated carbocycles. The summed E-state index contributed by atoms with van der Waals surface area (Å²) in [4.78, 5) is 0. The van der Waals surface area contributed by atoms with Crippen molar-refractivity contribution in [3.8, 4) is 17.6 Å². The first-order valence-corrected chi connectivity index (χ1v) is 5.40. The van der Waals surface area contributed by atoms with Crippen LogP contribution in [0.15, 0.2) is 42.5 Å². The Morgan fingerprint density at radius 1 is 1.17 bits per heavy atom. The number of nitrogens with two attached hydrogens (primary N) is 1. The minimum Gasteiger partial charge on any atom is -0.457 e. The predicted molar refractivity (Wildman–Crippen MR) is 68.0 cm³/mol. The van der Waals surface area contributed by atoms with E-state index in [-0.39, 0.29) is 6.61 Å². The smallest absolute Gasteiger partial charge is 0.129 e.